The highest BCUT2D eigenvalue weighted by Crippen LogP contribution is 2.30. The second kappa shape index (κ2) is 5.44. The molecule has 0 aromatic heterocycles. The molecule has 2 nitrogen and oxygen atoms in total. The zero-order valence-corrected chi connectivity index (χ0v) is 9.42. The van der Waals surface area contributed by atoms with Gasteiger partial charge in [0.25, 0.3) is 0 Å². The molecule has 0 radical (unpaired) electrons. The van der Waals surface area contributed by atoms with Gasteiger partial charge in [0, 0.05) is 0 Å². The van der Waals surface area contributed by atoms with Crippen LogP contribution in [0.15, 0.2) is 24.8 Å². The molecule has 2 heteroatoms. The van der Waals surface area contributed by atoms with Crippen LogP contribution < -0.4 is 4.74 Å². The Balaban J connectivity index is 3.12. The summed E-state index contributed by atoms with van der Waals surface area (Å²) >= 11 is 0. The molecule has 15 heavy (non-hydrogen) atoms. The van der Waals surface area contributed by atoms with Crippen LogP contribution in [0.1, 0.15) is 24.5 Å². The normalized spacial score (nSPS) is 10.0. The molecule has 0 aliphatic rings. The lowest BCUT2D eigenvalue weighted by atomic mass is 10.00. The van der Waals surface area contributed by atoms with Crippen LogP contribution in [0.3, 0.4) is 0 Å². The van der Waals surface area contributed by atoms with Crippen molar-refractivity contribution in [2.75, 3.05) is 7.11 Å². The molecule has 0 aliphatic heterocycles. The Hall–Kier alpha value is -1.44. The summed E-state index contributed by atoms with van der Waals surface area (Å²) in [6, 6.07) is 3.68. The molecule has 0 fully saturated rings. The number of methoxy groups -OCH3 is 1. The summed E-state index contributed by atoms with van der Waals surface area (Å²) in [7, 11) is 1.56. The Bertz CT molecular complexity index is 343. The van der Waals surface area contributed by atoms with Crippen molar-refractivity contribution in [3.8, 4) is 11.5 Å². The van der Waals surface area contributed by atoms with Gasteiger partial charge in [0.2, 0.25) is 0 Å². The van der Waals surface area contributed by atoms with Gasteiger partial charge in [0.1, 0.15) is 0 Å². The Morgan fingerprint density at radius 1 is 1.40 bits per heavy atom. The first-order valence-electron chi connectivity index (χ1n) is 5.22. The fourth-order valence-corrected chi connectivity index (χ4v) is 1.66. The number of hydrogen-bond acceptors (Lipinski definition) is 2. The molecular formula is C13H18O2. The number of aromatic hydroxyl groups is 1. The fraction of sp³-hybridized carbons (Fsp3) is 0.385. The summed E-state index contributed by atoms with van der Waals surface area (Å²) < 4.78 is 5.08. The summed E-state index contributed by atoms with van der Waals surface area (Å²) in [6.07, 6.45) is 4.72. The predicted molar refractivity (Wildman–Crippen MR) is 62.6 cm³/mol. The molecule has 1 aromatic rings. The average molecular weight is 206 g/mol. The predicted octanol–water partition coefficient (Wildman–Crippen LogP) is 3.08. The first-order valence-corrected chi connectivity index (χ1v) is 5.22. The number of ether oxygens (including phenoxy) is 1. The molecule has 0 aliphatic carbocycles. The zero-order valence-electron chi connectivity index (χ0n) is 9.42. The standard InChI is InChI=1S/C13H18O2/c1-4-6-10-8-12(14)13(15-3)9-11(10)7-5-2/h5,8-9,14H,2,4,6-7H2,1,3H3. The summed E-state index contributed by atoms with van der Waals surface area (Å²) in [5.74, 6) is 0.750. The van der Waals surface area contributed by atoms with E-state index >= 15 is 0 Å². The van der Waals surface area contributed by atoms with Gasteiger partial charge in [-0.05, 0) is 36.1 Å². The second-order valence-corrected chi connectivity index (χ2v) is 3.54. The molecule has 0 unspecified atom stereocenters. The number of aryl methyl sites for hydroxylation is 1. The Labute approximate surface area is 91.2 Å². The highest BCUT2D eigenvalue weighted by molar-refractivity contribution is 5.47. The van der Waals surface area contributed by atoms with E-state index in [1.54, 1.807) is 13.2 Å². The topological polar surface area (TPSA) is 29.5 Å². The first kappa shape index (κ1) is 11.6. The molecule has 82 valence electrons. The lowest BCUT2D eigenvalue weighted by Gasteiger charge is -2.11. The average Bonchev–Trinajstić information content (AvgIpc) is 2.22. The Morgan fingerprint density at radius 2 is 2.13 bits per heavy atom. The van der Waals surface area contributed by atoms with E-state index in [2.05, 4.69) is 13.5 Å². The van der Waals surface area contributed by atoms with E-state index in [0.717, 1.165) is 19.3 Å². The van der Waals surface area contributed by atoms with Crippen LogP contribution in [0.25, 0.3) is 0 Å². The van der Waals surface area contributed by atoms with Crippen LogP contribution in [0.4, 0.5) is 0 Å². The molecule has 0 amide bonds. The number of hydrogen-bond donors (Lipinski definition) is 1. The van der Waals surface area contributed by atoms with E-state index in [0.29, 0.717) is 5.75 Å². The third-order valence-electron chi connectivity index (χ3n) is 2.38. The number of benzene rings is 1. The number of rotatable bonds is 5. The molecule has 0 bridgehead atoms. The number of phenolic OH excluding ortho intramolecular Hbond substituents is 1. The molecular weight excluding hydrogens is 188 g/mol. The van der Waals surface area contributed by atoms with Crippen LogP contribution in [0, 0.1) is 0 Å². The van der Waals surface area contributed by atoms with Crippen molar-refractivity contribution in [2.24, 2.45) is 0 Å². The maximum Gasteiger partial charge on any atom is 0.160 e. The van der Waals surface area contributed by atoms with Crippen LogP contribution in [0.2, 0.25) is 0 Å². The molecule has 0 atom stereocenters. The lowest BCUT2D eigenvalue weighted by Crippen LogP contribution is -1.95. The SMILES string of the molecule is C=CCc1cc(OC)c(O)cc1CCC. The van der Waals surface area contributed by atoms with Crippen molar-refractivity contribution < 1.29 is 9.84 Å². The molecule has 0 spiro atoms. The second-order valence-electron chi connectivity index (χ2n) is 3.54. The van der Waals surface area contributed by atoms with Crippen LogP contribution in [0.5, 0.6) is 11.5 Å². The van der Waals surface area contributed by atoms with Crippen LogP contribution in [-0.4, -0.2) is 12.2 Å². The summed E-state index contributed by atoms with van der Waals surface area (Å²) in [6.45, 7) is 5.86. The van der Waals surface area contributed by atoms with Gasteiger partial charge in [0.05, 0.1) is 7.11 Å². The van der Waals surface area contributed by atoms with Crippen molar-refractivity contribution >= 4 is 0 Å². The van der Waals surface area contributed by atoms with Gasteiger partial charge in [-0.2, -0.15) is 0 Å². The molecule has 1 aromatic carbocycles. The zero-order chi connectivity index (χ0) is 11.3. The maximum atomic E-state index is 9.66. The van der Waals surface area contributed by atoms with Gasteiger partial charge in [-0.1, -0.05) is 19.4 Å². The summed E-state index contributed by atoms with van der Waals surface area (Å²) in [5, 5.41) is 9.66. The van der Waals surface area contributed by atoms with E-state index in [1.807, 2.05) is 12.1 Å². The number of allylic oxidation sites excluding steroid dienone is 1. The fourth-order valence-electron chi connectivity index (χ4n) is 1.66. The highest BCUT2D eigenvalue weighted by Gasteiger charge is 2.07. The highest BCUT2D eigenvalue weighted by atomic mass is 16.5. The monoisotopic (exact) mass is 206 g/mol. The maximum absolute atomic E-state index is 9.66. The Kier molecular flexibility index (Phi) is 4.22. The van der Waals surface area contributed by atoms with Gasteiger partial charge in [-0.3, -0.25) is 0 Å². The van der Waals surface area contributed by atoms with E-state index < -0.39 is 0 Å². The molecule has 0 saturated carbocycles. The van der Waals surface area contributed by atoms with Gasteiger partial charge in [-0.15, -0.1) is 6.58 Å². The van der Waals surface area contributed by atoms with Gasteiger partial charge < -0.3 is 9.84 Å². The van der Waals surface area contributed by atoms with E-state index in [9.17, 15) is 5.11 Å². The third-order valence-corrected chi connectivity index (χ3v) is 2.38. The van der Waals surface area contributed by atoms with E-state index in [1.165, 1.54) is 11.1 Å². The molecule has 0 saturated heterocycles. The minimum atomic E-state index is 0.216. The minimum absolute atomic E-state index is 0.216. The van der Waals surface area contributed by atoms with Gasteiger partial charge in [-0.25, -0.2) is 0 Å². The smallest absolute Gasteiger partial charge is 0.160 e. The largest absolute Gasteiger partial charge is 0.504 e. The lowest BCUT2D eigenvalue weighted by molar-refractivity contribution is 0.372. The number of phenols is 1. The quantitative estimate of drug-likeness (QED) is 0.750. The van der Waals surface area contributed by atoms with Gasteiger partial charge in [0.15, 0.2) is 11.5 Å². The van der Waals surface area contributed by atoms with Gasteiger partial charge >= 0.3 is 0 Å². The van der Waals surface area contributed by atoms with Crippen LogP contribution >= 0.6 is 0 Å². The van der Waals surface area contributed by atoms with Crippen molar-refractivity contribution in [1.29, 1.82) is 0 Å². The van der Waals surface area contributed by atoms with Crippen LogP contribution in [-0.2, 0) is 12.8 Å². The van der Waals surface area contributed by atoms with Crippen molar-refractivity contribution in [3.05, 3.63) is 35.9 Å². The van der Waals surface area contributed by atoms with Crippen molar-refractivity contribution in [3.63, 3.8) is 0 Å². The summed E-state index contributed by atoms with van der Waals surface area (Å²) in [4.78, 5) is 0. The van der Waals surface area contributed by atoms with E-state index in [4.69, 9.17) is 4.74 Å². The molecule has 1 N–H and O–H groups in total. The molecule has 1 rings (SSSR count). The first-order chi connectivity index (χ1) is 7.22. The van der Waals surface area contributed by atoms with E-state index in [-0.39, 0.29) is 5.75 Å². The van der Waals surface area contributed by atoms with Crippen molar-refractivity contribution in [1.82, 2.24) is 0 Å². The molecule has 0 heterocycles. The van der Waals surface area contributed by atoms with Crippen molar-refractivity contribution in [2.45, 2.75) is 26.2 Å². The Morgan fingerprint density at radius 3 is 2.67 bits per heavy atom. The summed E-state index contributed by atoms with van der Waals surface area (Å²) in [5.41, 5.74) is 2.36. The minimum Gasteiger partial charge on any atom is -0.504 e. The third kappa shape index (κ3) is 2.75.